The van der Waals surface area contributed by atoms with Gasteiger partial charge >= 0.3 is 0 Å². The molecular weight excluding hydrogens is 409 g/mol. The first-order valence-corrected chi connectivity index (χ1v) is 10.1. The highest BCUT2D eigenvalue weighted by molar-refractivity contribution is 5.79. The van der Waals surface area contributed by atoms with Crippen LogP contribution in [0.15, 0.2) is 36.4 Å². The maximum atomic E-state index is 14.0. The van der Waals surface area contributed by atoms with E-state index < -0.39 is 29.0 Å². The third-order valence-corrected chi connectivity index (χ3v) is 5.82. The highest BCUT2D eigenvalue weighted by Crippen LogP contribution is 2.39. The summed E-state index contributed by atoms with van der Waals surface area (Å²) in [7, 11) is 5.31. The number of halogens is 3. The summed E-state index contributed by atoms with van der Waals surface area (Å²) >= 11 is 0. The van der Waals surface area contributed by atoms with Crippen LogP contribution in [0.4, 0.5) is 13.2 Å². The normalized spacial score (nSPS) is 21.4. The first-order chi connectivity index (χ1) is 14.6. The summed E-state index contributed by atoms with van der Waals surface area (Å²) in [5.41, 5.74) is -0.665. The molecular formula is C23H27F3N2O3. The molecule has 2 aromatic carbocycles. The maximum Gasteiger partial charge on any atom is 0.227 e. The molecule has 31 heavy (non-hydrogen) atoms. The van der Waals surface area contributed by atoms with Gasteiger partial charge in [0.1, 0.15) is 11.6 Å². The zero-order chi connectivity index (χ0) is 22.8. The minimum Gasteiger partial charge on any atom is -0.497 e. The number of benzene rings is 2. The van der Waals surface area contributed by atoms with Gasteiger partial charge in [-0.15, -0.1) is 0 Å². The summed E-state index contributed by atoms with van der Waals surface area (Å²) in [6.45, 7) is 1.01. The van der Waals surface area contributed by atoms with Gasteiger partial charge in [0.15, 0.2) is 11.6 Å². The Balaban J connectivity index is 1.82. The Hall–Kier alpha value is -2.58. The van der Waals surface area contributed by atoms with Crippen molar-refractivity contribution in [1.82, 2.24) is 9.80 Å². The van der Waals surface area contributed by atoms with Crippen molar-refractivity contribution in [3.63, 3.8) is 0 Å². The van der Waals surface area contributed by atoms with Crippen LogP contribution >= 0.6 is 0 Å². The van der Waals surface area contributed by atoms with Crippen LogP contribution in [0.3, 0.4) is 0 Å². The zero-order valence-corrected chi connectivity index (χ0v) is 17.9. The molecule has 1 fully saturated rings. The van der Waals surface area contributed by atoms with Crippen LogP contribution in [0.2, 0.25) is 0 Å². The Labute approximate surface area is 180 Å². The third kappa shape index (κ3) is 5.02. The van der Waals surface area contributed by atoms with Gasteiger partial charge in [0.05, 0.1) is 19.1 Å². The molecule has 1 unspecified atom stereocenters. The van der Waals surface area contributed by atoms with Crippen molar-refractivity contribution in [2.75, 3.05) is 40.8 Å². The summed E-state index contributed by atoms with van der Waals surface area (Å²) in [6, 6.07) is 8.39. The number of hydrogen-bond acceptors (Lipinski definition) is 4. The lowest BCUT2D eigenvalue weighted by atomic mass is 9.75. The first kappa shape index (κ1) is 23.1. The smallest absolute Gasteiger partial charge is 0.227 e. The van der Waals surface area contributed by atoms with E-state index in [9.17, 15) is 23.1 Å². The number of methoxy groups -OCH3 is 1. The molecule has 0 spiro atoms. The monoisotopic (exact) mass is 436 g/mol. The Morgan fingerprint density at radius 2 is 1.90 bits per heavy atom. The minimum atomic E-state index is -1.29. The van der Waals surface area contributed by atoms with Crippen LogP contribution in [-0.4, -0.2) is 61.7 Å². The second-order valence-electron chi connectivity index (χ2n) is 8.24. The highest BCUT2D eigenvalue weighted by Gasteiger charge is 2.44. The number of ether oxygens (including phenoxy) is 1. The van der Waals surface area contributed by atoms with Gasteiger partial charge in [0.2, 0.25) is 5.91 Å². The zero-order valence-electron chi connectivity index (χ0n) is 17.9. The van der Waals surface area contributed by atoms with Crippen LogP contribution in [0.1, 0.15) is 17.5 Å². The van der Waals surface area contributed by atoms with Gasteiger partial charge in [-0.2, -0.15) is 0 Å². The number of amides is 1. The molecule has 1 N–H and O–H groups in total. The summed E-state index contributed by atoms with van der Waals surface area (Å²) in [6.07, 6.45) is -0.0972. The van der Waals surface area contributed by atoms with Gasteiger partial charge in [0, 0.05) is 37.2 Å². The molecule has 1 aliphatic rings. The number of rotatable bonds is 6. The van der Waals surface area contributed by atoms with E-state index in [0.717, 1.165) is 6.07 Å². The maximum absolute atomic E-state index is 14.0. The molecule has 1 saturated heterocycles. The molecule has 5 nitrogen and oxygen atoms in total. The second-order valence-corrected chi connectivity index (χ2v) is 8.24. The Kier molecular flexibility index (Phi) is 6.91. The third-order valence-electron chi connectivity index (χ3n) is 5.82. The topological polar surface area (TPSA) is 53.0 Å². The summed E-state index contributed by atoms with van der Waals surface area (Å²) in [5, 5.41) is 11.6. The van der Waals surface area contributed by atoms with Crippen molar-refractivity contribution in [3.05, 3.63) is 65.0 Å². The van der Waals surface area contributed by atoms with E-state index in [4.69, 9.17) is 4.74 Å². The van der Waals surface area contributed by atoms with Crippen molar-refractivity contribution < 1.29 is 27.8 Å². The predicted octanol–water partition coefficient (Wildman–Crippen LogP) is 2.95. The van der Waals surface area contributed by atoms with Crippen molar-refractivity contribution in [2.24, 2.45) is 5.92 Å². The number of nitrogens with zero attached hydrogens (tertiary/aromatic N) is 2. The molecule has 1 aliphatic heterocycles. The average molecular weight is 436 g/mol. The van der Waals surface area contributed by atoms with E-state index in [1.54, 1.807) is 24.1 Å². The van der Waals surface area contributed by atoms with Crippen LogP contribution in [0.5, 0.6) is 5.75 Å². The lowest BCUT2D eigenvalue weighted by Gasteiger charge is -2.46. The van der Waals surface area contributed by atoms with E-state index in [2.05, 4.69) is 0 Å². The molecule has 3 rings (SSSR count). The van der Waals surface area contributed by atoms with Crippen molar-refractivity contribution in [3.8, 4) is 5.75 Å². The van der Waals surface area contributed by atoms with E-state index in [1.165, 1.54) is 0 Å². The SMILES string of the molecule is COc1cccc([C@]2(O)CCN(C(=O)Cc3cc(F)c(F)cc3F)CC2CN(C)C)c1. The van der Waals surface area contributed by atoms with Gasteiger partial charge in [-0.3, -0.25) is 4.79 Å². The Morgan fingerprint density at radius 1 is 1.19 bits per heavy atom. The number of aliphatic hydroxyl groups is 1. The Morgan fingerprint density at radius 3 is 2.58 bits per heavy atom. The summed E-state index contributed by atoms with van der Waals surface area (Å²) in [5.74, 6) is -3.53. The number of carbonyl (C=O) groups excluding carboxylic acids is 1. The molecule has 0 bridgehead atoms. The molecule has 2 aromatic rings. The van der Waals surface area contributed by atoms with Gasteiger partial charge in [0.25, 0.3) is 0 Å². The van der Waals surface area contributed by atoms with Crippen LogP contribution in [0, 0.1) is 23.4 Å². The quantitative estimate of drug-likeness (QED) is 0.708. The second kappa shape index (κ2) is 9.28. The highest BCUT2D eigenvalue weighted by atomic mass is 19.2. The van der Waals surface area contributed by atoms with Crippen molar-refractivity contribution >= 4 is 5.91 Å². The molecule has 2 atom stereocenters. The summed E-state index contributed by atoms with van der Waals surface area (Å²) < 4.78 is 45.9. The largest absolute Gasteiger partial charge is 0.497 e. The first-order valence-electron chi connectivity index (χ1n) is 10.1. The fourth-order valence-electron chi connectivity index (χ4n) is 4.14. The molecule has 1 heterocycles. The van der Waals surface area contributed by atoms with Crippen molar-refractivity contribution in [1.29, 1.82) is 0 Å². The number of piperidine rings is 1. The van der Waals surface area contributed by atoms with Crippen molar-refractivity contribution in [2.45, 2.75) is 18.4 Å². The molecule has 0 aromatic heterocycles. The molecule has 0 aliphatic carbocycles. The fourth-order valence-corrected chi connectivity index (χ4v) is 4.14. The van der Waals surface area contributed by atoms with Crippen LogP contribution < -0.4 is 4.74 Å². The fraction of sp³-hybridized carbons (Fsp3) is 0.435. The standard InChI is InChI=1S/C23H27F3N2O3/c1-27(2)13-17-14-28(22(29)10-15-9-20(25)21(26)12-19(15)24)8-7-23(17,30)16-5-4-6-18(11-16)31-3/h4-6,9,11-12,17,30H,7-8,10,13-14H2,1-3H3/t17?,23-/m1/s1. The molecule has 0 saturated carbocycles. The van der Waals surface area contributed by atoms with Gasteiger partial charge in [-0.1, -0.05) is 12.1 Å². The van der Waals surface area contributed by atoms with Crippen LogP contribution in [-0.2, 0) is 16.8 Å². The van der Waals surface area contributed by atoms with Crippen LogP contribution in [0.25, 0.3) is 0 Å². The van der Waals surface area contributed by atoms with E-state index in [-0.39, 0.29) is 37.4 Å². The lowest BCUT2D eigenvalue weighted by Crippen LogP contribution is -2.54. The number of carbonyl (C=O) groups is 1. The van der Waals surface area contributed by atoms with Gasteiger partial charge in [-0.25, -0.2) is 13.2 Å². The van der Waals surface area contributed by atoms with Gasteiger partial charge < -0.3 is 19.6 Å². The molecule has 168 valence electrons. The Bertz CT molecular complexity index is 954. The average Bonchev–Trinajstić information content (AvgIpc) is 2.73. The number of likely N-dealkylation sites (tertiary alicyclic amines) is 1. The summed E-state index contributed by atoms with van der Waals surface area (Å²) in [4.78, 5) is 16.3. The lowest BCUT2D eigenvalue weighted by molar-refractivity contribution is -0.141. The number of hydrogen-bond donors (Lipinski definition) is 1. The van der Waals surface area contributed by atoms with Gasteiger partial charge in [-0.05, 0) is 44.3 Å². The van der Waals surface area contributed by atoms with E-state index >= 15 is 0 Å². The molecule has 8 heteroatoms. The molecule has 1 amide bonds. The molecule has 0 radical (unpaired) electrons. The van der Waals surface area contributed by atoms with E-state index in [0.29, 0.717) is 23.9 Å². The van der Waals surface area contributed by atoms with E-state index in [1.807, 2.05) is 31.1 Å². The minimum absolute atomic E-state index is 0.193. The predicted molar refractivity (Wildman–Crippen MR) is 110 cm³/mol.